The van der Waals surface area contributed by atoms with Gasteiger partial charge in [-0.3, -0.25) is 13.8 Å². The smallest absolute Gasteiger partial charge is 0.387 e. The van der Waals surface area contributed by atoms with E-state index in [9.17, 15) is 19.4 Å². The lowest BCUT2D eigenvalue weighted by molar-refractivity contribution is -0.123. The first kappa shape index (κ1) is 48.5. The summed E-state index contributed by atoms with van der Waals surface area (Å²) in [6.45, 7) is 4.06. The normalized spacial score (nSPS) is 14.7. The van der Waals surface area contributed by atoms with Crippen LogP contribution < -0.4 is 11.1 Å². The Morgan fingerprint density at radius 3 is 1.68 bits per heavy atom. The Bertz CT molecular complexity index is 923. The Kier molecular flexibility index (Phi) is 36.1. The molecule has 292 valence electrons. The number of aliphatic hydroxyl groups is 1. The van der Waals surface area contributed by atoms with Gasteiger partial charge in [0.05, 0.1) is 25.4 Å². The molecule has 0 saturated heterocycles. The number of phosphoric acid groups is 1. The molecule has 0 saturated carbocycles. The summed E-state index contributed by atoms with van der Waals surface area (Å²) in [5.41, 5.74) is 5.36. The summed E-state index contributed by atoms with van der Waals surface area (Å²) in [6.07, 6.45) is 44.4. The van der Waals surface area contributed by atoms with Crippen molar-refractivity contribution >= 4 is 13.7 Å². The van der Waals surface area contributed by atoms with Crippen LogP contribution in [0.25, 0.3) is 0 Å². The maximum absolute atomic E-state index is 12.7. The van der Waals surface area contributed by atoms with Gasteiger partial charge in [-0.2, -0.15) is 0 Å². The monoisotopic (exact) mass is 725 g/mol. The fourth-order valence-corrected chi connectivity index (χ4v) is 6.29. The molecule has 0 aromatic rings. The molecule has 1 amide bonds. The molecule has 8 nitrogen and oxygen atoms in total. The Labute approximate surface area is 307 Å². The minimum atomic E-state index is -4.34. The van der Waals surface area contributed by atoms with Gasteiger partial charge in [0.15, 0.2) is 0 Å². The zero-order chi connectivity index (χ0) is 36.8. The molecule has 0 rings (SSSR count). The predicted octanol–water partition coefficient (Wildman–Crippen LogP) is 10.9. The van der Waals surface area contributed by atoms with Gasteiger partial charge in [-0.25, -0.2) is 4.57 Å². The van der Waals surface area contributed by atoms with Crippen LogP contribution in [0.5, 0.6) is 0 Å². The quantitative estimate of drug-likeness (QED) is 0.0285. The molecule has 0 aliphatic heterocycles. The molecule has 5 N–H and O–H groups in total. The second-order valence-electron chi connectivity index (χ2n) is 13.5. The van der Waals surface area contributed by atoms with Crippen molar-refractivity contribution in [2.75, 3.05) is 19.8 Å². The number of rotatable bonds is 37. The van der Waals surface area contributed by atoms with Crippen molar-refractivity contribution in [1.29, 1.82) is 0 Å². The van der Waals surface area contributed by atoms with Crippen LogP contribution in [0.3, 0.4) is 0 Å². The first-order valence-electron chi connectivity index (χ1n) is 20.3. The highest BCUT2D eigenvalue weighted by molar-refractivity contribution is 7.47. The van der Waals surface area contributed by atoms with Gasteiger partial charge in [0.25, 0.3) is 0 Å². The lowest BCUT2D eigenvalue weighted by Gasteiger charge is -2.23. The van der Waals surface area contributed by atoms with Gasteiger partial charge in [-0.05, 0) is 64.2 Å². The number of unbranched alkanes of at least 4 members (excludes halogenated alkanes) is 19. The average Bonchev–Trinajstić information content (AvgIpc) is 3.10. The van der Waals surface area contributed by atoms with Crippen LogP contribution in [0.2, 0.25) is 0 Å². The lowest BCUT2D eigenvalue weighted by Crippen LogP contribution is -2.45. The molecule has 0 bridgehead atoms. The Morgan fingerprint density at radius 1 is 0.660 bits per heavy atom. The van der Waals surface area contributed by atoms with E-state index in [2.05, 4.69) is 55.6 Å². The minimum Gasteiger partial charge on any atom is -0.387 e. The number of carbonyl (C=O) groups is 1. The molecular formula is C41H77N2O6P. The molecule has 0 fully saturated rings. The first-order chi connectivity index (χ1) is 24.4. The van der Waals surface area contributed by atoms with Gasteiger partial charge < -0.3 is 21.1 Å². The largest absolute Gasteiger partial charge is 0.472 e. The van der Waals surface area contributed by atoms with Gasteiger partial charge in [-0.1, -0.05) is 152 Å². The van der Waals surface area contributed by atoms with E-state index in [1.54, 1.807) is 6.08 Å². The van der Waals surface area contributed by atoms with Crippen molar-refractivity contribution < 1.29 is 28.4 Å². The lowest BCUT2D eigenvalue weighted by atomic mass is 10.1. The predicted molar refractivity (Wildman–Crippen MR) is 212 cm³/mol. The average molecular weight is 725 g/mol. The second kappa shape index (κ2) is 37.2. The van der Waals surface area contributed by atoms with Gasteiger partial charge in [0, 0.05) is 13.0 Å². The number of allylic oxidation sites excluding steroid dienone is 7. The van der Waals surface area contributed by atoms with E-state index in [0.29, 0.717) is 6.42 Å². The van der Waals surface area contributed by atoms with Gasteiger partial charge in [0.2, 0.25) is 5.91 Å². The molecule has 3 unspecified atom stereocenters. The van der Waals surface area contributed by atoms with E-state index in [0.717, 1.165) is 57.8 Å². The molecular weight excluding hydrogens is 647 g/mol. The van der Waals surface area contributed by atoms with Crippen LogP contribution in [-0.2, 0) is 18.4 Å². The summed E-state index contributed by atoms with van der Waals surface area (Å²) in [5, 5.41) is 13.6. The highest BCUT2D eigenvalue weighted by Gasteiger charge is 2.26. The van der Waals surface area contributed by atoms with Crippen molar-refractivity contribution in [2.45, 2.75) is 187 Å². The first-order valence-corrected chi connectivity index (χ1v) is 21.8. The van der Waals surface area contributed by atoms with E-state index in [-0.39, 0.29) is 25.7 Å². The third kappa shape index (κ3) is 34.9. The molecule has 0 radical (unpaired) electrons. The molecule has 0 aromatic heterocycles. The van der Waals surface area contributed by atoms with Crippen molar-refractivity contribution in [2.24, 2.45) is 5.73 Å². The molecule has 0 aliphatic rings. The molecule has 0 heterocycles. The molecule has 3 atom stereocenters. The van der Waals surface area contributed by atoms with E-state index in [1.807, 2.05) is 6.08 Å². The van der Waals surface area contributed by atoms with E-state index in [1.165, 1.54) is 96.3 Å². The fraction of sp³-hybridized carbons (Fsp3) is 0.780. The number of hydrogen-bond donors (Lipinski definition) is 4. The van der Waals surface area contributed by atoms with E-state index < -0.39 is 20.0 Å². The van der Waals surface area contributed by atoms with Crippen LogP contribution in [0, 0.1) is 0 Å². The number of nitrogens with two attached hydrogens (primary N) is 1. The Hall–Kier alpha value is -1.54. The maximum Gasteiger partial charge on any atom is 0.472 e. The van der Waals surface area contributed by atoms with Crippen LogP contribution in [-0.4, -0.2) is 47.8 Å². The molecule has 0 spiro atoms. The molecule has 0 aromatic carbocycles. The van der Waals surface area contributed by atoms with Crippen LogP contribution in [0.4, 0.5) is 0 Å². The highest BCUT2D eigenvalue weighted by Crippen LogP contribution is 2.43. The maximum atomic E-state index is 12.7. The van der Waals surface area contributed by atoms with Crippen molar-refractivity contribution in [1.82, 2.24) is 5.32 Å². The van der Waals surface area contributed by atoms with Gasteiger partial charge in [0.1, 0.15) is 0 Å². The second-order valence-corrected chi connectivity index (χ2v) is 14.9. The molecule has 50 heavy (non-hydrogen) atoms. The molecule has 9 heteroatoms. The summed E-state index contributed by atoms with van der Waals surface area (Å²) < 4.78 is 22.0. The van der Waals surface area contributed by atoms with Crippen molar-refractivity contribution in [3.63, 3.8) is 0 Å². The fourth-order valence-electron chi connectivity index (χ4n) is 5.53. The SMILES string of the molecule is CCCCCC/C=C\C/C=C\CCCCCCCCCC(=O)NC(COP(=O)(O)OCCN)C(O)/C=C/CC/C=C/CCCCCCCCC. The summed E-state index contributed by atoms with van der Waals surface area (Å²) >= 11 is 0. The number of nitrogens with one attached hydrogen (secondary N) is 1. The van der Waals surface area contributed by atoms with Crippen molar-refractivity contribution in [3.05, 3.63) is 48.6 Å². The number of hydrogen-bond acceptors (Lipinski definition) is 6. The standard InChI is InChI=1S/C41H77N2O6P/c1-3-5-7-9-11-13-15-17-18-19-20-21-23-25-27-29-31-33-35-41(45)43-39(38-49-50(46,47)48-37-36-42)40(44)34-32-30-28-26-24-22-16-14-12-10-8-6-4-2/h13,15,18-19,24,26,32,34,39-40,44H,3-12,14,16-17,20-23,25,27-31,33,35-38,42H2,1-2H3,(H,43,45)(H,46,47)/b15-13-,19-18-,26-24+,34-32+. The third-order valence-electron chi connectivity index (χ3n) is 8.63. The summed E-state index contributed by atoms with van der Waals surface area (Å²) in [4.78, 5) is 22.6. The third-order valence-corrected chi connectivity index (χ3v) is 9.61. The minimum absolute atomic E-state index is 0.0711. The number of phosphoric ester groups is 1. The van der Waals surface area contributed by atoms with Gasteiger partial charge >= 0.3 is 7.82 Å². The summed E-state index contributed by atoms with van der Waals surface area (Å²) in [5.74, 6) is -0.215. The van der Waals surface area contributed by atoms with Crippen LogP contribution in [0.15, 0.2) is 48.6 Å². The number of carbonyl (C=O) groups excluding carboxylic acids is 1. The zero-order valence-electron chi connectivity index (χ0n) is 32.1. The Balaban J connectivity index is 4.31. The van der Waals surface area contributed by atoms with E-state index >= 15 is 0 Å². The van der Waals surface area contributed by atoms with E-state index in [4.69, 9.17) is 14.8 Å². The zero-order valence-corrected chi connectivity index (χ0v) is 33.0. The summed E-state index contributed by atoms with van der Waals surface area (Å²) in [7, 11) is -4.34. The molecule has 0 aliphatic carbocycles. The highest BCUT2D eigenvalue weighted by atomic mass is 31.2. The number of aliphatic hydroxyl groups excluding tert-OH is 1. The number of amides is 1. The van der Waals surface area contributed by atoms with Gasteiger partial charge in [-0.15, -0.1) is 0 Å². The van der Waals surface area contributed by atoms with Crippen molar-refractivity contribution in [3.8, 4) is 0 Å². The Morgan fingerprint density at radius 2 is 1.12 bits per heavy atom. The summed E-state index contributed by atoms with van der Waals surface area (Å²) in [6, 6.07) is -0.880. The topological polar surface area (TPSA) is 131 Å². The van der Waals surface area contributed by atoms with Crippen LogP contribution >= 0.6 is 7.82 Å². The van der Waals surface area contributed by atoms with Crippen LogP contribution in [0.1, 0.15) is 174 Å².